The molecular weight excluding hydrogens is 183 g/mol. The van der Waals surface area contributed by atoms with Gasteiger partial charge in [0.05, 0.1) is 0 Å². The maximum absolute atomic E-state index is 2.33. The third-order valence-electron chi connectivity index (χ3n) is 1.55. The molecule has 0 N–H and O–H groups in total. The third kappa shape index (κ3) is 4.13. The van der Waals surface area contributed by atoms with Crippen molar-refractivity contribution in [2.45, 2.75) is 4.90 Å². The van der Waals surface area contributed by atoms with Crippen LogP contribution in [0.4, 0.5) is 0 Å². The molecule has 2 heteroatoms. The third-order valence-corrected chi connectivity index (χ3v) is 3.98. The van der Waals surface area contributed by atoms with E-state index < -0.39 is 0 Å². The minimum absolute atomic E-state index is 0.282. The zero-order valence-corrected chi connectivity index (χ0v) is 9.37. The Hall–Kier alpha value is 0. The first-order chi connectivity index (χ1) is 5.79. The van der Waals surface area contributed by atoms with E-state index >= 15 is 0 Å². The van der Waals surface area contributed by atoms with Crippen molar-refractivity contribution in [2.24, 2.45) is 0 Å². The lowest BCUT2D eigenvalue weighted by molar-refractivity contribution is 1.43. The van der Waals surface area contributed by atoms with Gasteiger partial charge in [0, 0.05) is 10.6 Å². The van der Waals surface area contributed by atoms with E-state index in [2.05, 4.69) is 43.7 Å². The second kappa shape index (κ2) is 5.61. The molecule has 0 radical (unpaired) electrons. The molecule has 0 aliphatic heterocycles. The second-order valence-corrected chi connectivity index (χ2v) is 6.74. The molecule has 66 valence electrons. The van der Waals surface area contributed by atoms with Crippen LogP contribution in [0.2, 0.25) is 0 Å². The highest BCUT2D eigenvalue weighted by Gasteiger charge is 1.94. The molecule has 0 bridgehead atoms. The Kier molecular flexibility index (Phi) is 4.72. The van der Waals surface area contributed by atoms with Gasteiger partial charge < -0.3 is 0 Å². The fraction of sp³-hybridized carbons (Fsp3) is 0.400. The van der Waals surface area contributed by atoms with E-state index in [0.717, 1.165) is 0 Å². The number of hydrogen-bond donors (Lipinski definition) is 0. The van der Waals surface area contributed by atoms with Crippen LogP contribution in [0.5, 0.6) is 0 Å². The molecular formula is C10H15PS. The number of thioether (sulfide) groups is 1. The first-order valence-corrected chi connectivity index (χ1v) is 7.52. The van der Waals surface area contributed by atoms with Crippen molar-refractivity contribution < 1.29 is 0 Å². The molecule has 1 aromatic rings. The van der Waals surface area contributed by atoms with Crippen LogP contribution in [0.25, 0.3) is 0 Å². The van der Waals surface area contributed by atoms with E-state index in [4.69, 9.17) is 0 Å². The van der Waals surface area contributed by atoms with Crippen LogP contribution in [0.3, 0.4) is 0 Å². The Labute approximate surface area is 80.5 Å². The average Bonchev–Trinajstić information content (AvgIpc) is 2.05. The van der Waals surface area contributed by atoms with Crippen molar-refractivity contribution in [3.8, 4) is 0 Å². The van der Waals surface area contributed by atoms with Gasteiger partial charge in [-0.15, -0.1) is 19.7 Å². The highest BCUT2D eigenvalue weighted by atomic mass is 32.2. The van der Waals surface area contributed by atoms with Crippen molar-refractivity contribution in [1.29, 1.82) is 0 Å². The van der Waals surface area contributed by atoms with Gasteiger partial charge in [-0.05, 0) is 31.6 Å². The smallest absolute Gasteiger partial charge is 0.00720 e. The lowest BCUT2D eigenvalue weighted by atomic mass is 10.4. The summed E-state index contributed by atoms with van der Waals surface area (Å²) in [6.45, 7) is 4.67. The van der Waals surface area contributed by atoms with Gasteiger partial charge in [0.25, 0.3) is 0 Å². The summed E-state index contributed by atoms with van der Waals surface area (Å²) < 4.78 is 0. The van der Waals surface area contributed by atoms with Crippen LogP contribution in [-0.2, 0) is 0 Å². The normalized spacial score (nSPS) is 10.6. The molecule has 0 atom stereocenters. The van der Waals surface area contributed by atoms with Crippen molar-refractivity contribution in [3.05, 3.63) is 30.3 Å². The number of rotatable bonds is 4. The van der Waals surface area contributed by atoms with Gasteiger partial charge in [0.15, 0.2) is 0 Å². The van der Waals surface area contributed by atoms with E-state index in [-0.39, 0.29) is 7.92 Å². The first-order valence-electron chi connectivity index (χ1n) is 4.11. The van der Waals surface area contributed by atoms with Crippen LogP contribution in [0.15, 0.2) is 35.2 Å². The molecule has 0 saturated heterocycles. The maximum Gasteiger partial charge on any atom is 0.00720 e. The zero-order chi connectivity index (χ0) is 8.81. The highest BCUT2D eigenvalue weighted by molar-refractivity contribution is 7.99. The minimum atomic E-state index is 0.282. The summed E-state index contributed by atoms with van der Waals surface area (Å²) in [6.07, 6.45) is 1.37. The van der Waals surface area contributed by atoms with E-state index in [9.17, 15) is 0 Å². The van der Waals surface area contributed by atoms with E-state index in [1.165, 1.54) is 16.8 Å². The largest absolute Gasteiger partial charge is 0.126 e. The predicted octanol–water partition coefficient (Wildman–Crippen LogP) is 3.52. The van der Waals surface area contributed by atoms with Gasteiger partial charge >= 0.3 is 0 Å². The number of hydrogen-bond acceptors (Lipinski definition) is 1. The first kappa shape index (κ1) is 10.1. The predicted molar refractivity (Wildman–Crippen MR) is 60.8 cm³/mol. The fourth-order valence-corrected chi connectivity index (χ4v) is 3.27. The van der Waals surface area contributed by atoms with Crippen molar-refractivity contribution in [3.63, 3.8) is 0 Å². The summed E-state index contributed by atoms with van der Waals surface area (Å²) in [7, 11) is 0.282. The van der Waals surface area contributed by atoms with E-state index in [1.54, 1.807) is 0 Å². The molecule has 1 aromatic carbocycles. The zero-order valence-electron chi connectivity index (χ0n) is 7.66. The Morgan fingerprint density at radius 2 is 1.83 bits per heavy atom. The molecule has 0 amide bonds. The lowest BCUT2D eigenvalue weighted by Gasteiger charge is -2.04. The summed E-state index contributed by atoms with van der Waals surface area (Å²) in [5.41, 5.74) is 0. The molecule has 0 aromatic heterocycles. The lowest BCUT2D eigenvalue weighted by Crippen LogP contribution is -1.85. The van der Waals surface area contributed by atoms with Crippen LogP contribution in [0, 0.1) is 0 Å². The van der Waals surface area contributed by atoms with Gasteiger partial charge in [-0.1, -0.05) is 18.2 Å². The van der Waals surface area contributed by atoms with Gasteiger partial charge in [0.1, 0.15) is 0 Å². The molecule has 0 nitrogen and oxygen atoms in total. The fourth-order valence-electron chi connectivity index (χ4n) is 0.863. The summed E-state index contributed by atoms with van der Waals surface area (Å²) in [6, 6.07) is 10.6. The summed E-state index contributed by atoms with van der Waals surface area (Å²) in [4.78, 5) is 1.40. The van der Waals surface area contributed by atoms with Crippen molar-refractivity contribution >= 4 is 19.7 Å². The molecule has 0 aliphatic rings. The molecule has 0 spiro atoms. The van der Waals surface area contributed by atoms with E-state index in [0.29, 0.717) is 0 Å². The van der Waals surface area contributed by atoms with Crippen LogP contribution < -0.4 is 0 Å². The summed E-state index contributed by atoms with van der Waals surface area (Å²) in [5, 5.41) is 0. The summed E-state index contributed by atoms with van der Waals surface area (Å²) in [5.74, 6) is 1.27. The molecule has 12 heavy (non-hydrogen) atoms. The van der Waals surface area contributed by atoms with Gasteiger partial charge in [-0.25, -0.2) is 0 Å². The van der Waals surface area contributed by atoms with Crippen LogP contribution in [-0.4, -0.2) is 25.2 Å². The maximum atomic E-state index is 2.33. The van der Waals surface area contributed by atoms with Crippen LogP contribution in [0.1, 0.15) is 0 Å². The van der Waals surface area contributed by atoms with Gasteiger partial charge in [-0.2, -0.15) is 0 Å². The molecule has 0 saturated carbocycles. The Morgan fingerprint density at radius 1 is 1.17 bits per heavy atom. The molecule has 0 unspecified atom stereocenters. The highest BCUT2D eigenvalue weighted by Crippen LogP contribution is 2.27. The SMILES string of the molecule is CP(C)CCSc1ccccc1. The van der Waals surface area contributed by atoms with Gasteiger partial charge in [0.2, 0.25) is 0 Å². The summed E-state index contributed by atoms with van der Waals surface area (Å²) >= 11 is 1.96. The topological polar surface area (TPSA) is 0 Å². The molecule has 0 fully saturated rings. The molecule has 0 aliphatic carbocycles. The quantitative estimate of drug-likeness (QED) is 0.527. The van der Waals surface area contributed by atoms with Crippen molar-refractivity contribution in [1.82, 2.24) is 0 Å². The average molecular weight is 198 g/mol. The van der Waals surface area contributed by atoms with E-state index in [1.807, 2.05) is 11.8 Å². The molecule has 1 rings (SSSR count). The second-order valence-electron chi connectivity index (χ2n) is 2.96. The Bertz CT molecular complexity index is 208. The van der Waals surface area contributed by atoms with Crippen LogP contribution >= 0.6 is 19.7 Å². The molecule has 0 heterocycles. The minimum Gasteiger partial charge on any atom is -0.126 e. The monoisotopic (exact) mass is 198 g/mol. The Balaban J connectivity index is 2.25. The van der Waals surface area contributed by atoms with Gasteiger partial charge in [-0.3, -0.25) is 0 Å². The Morgan fingerprint density at radius 3 is 2.42 bits per heavy atom. The standard InChI is InChI=1S/C10H15PS/c1-11(2)8-9-12-10-6-4-3-5-7-10/h3-7H,8-9H2,1-2H3. The van der Waals surface area contributed by atoms with Crippen molar-refractivity contribution in [2.75, 3.05) is 25.2 Å². The number of benzene rings is 1.